The van der Waals surface area contributed by atoms with Gasteiger partial charge in [0, 0.05) is 16.7 Å². The number of ether oxygens (including phenoxy) is 2. The largest absolute Gasteiger partial charge is 0.492 e. The summed E-state index contributed by atoms with van der Waals surface area (Å²) in [6.07, 6.45) is 7.08. The molecule has 1 aliphatic carbocycles. The second-order valence-electron chi connectivity index (χ2n) is 5.16. The van der Waals surface area contributed by atoms with Gasteiger partial charge in [-0.3, -0.25) is 14.4 Å². The molecule has 26 heavy (non-hydrogen) atoms. The van der Waals surface area contributed by atoms with E-state index < -0.39 is 0 Å². The molecular weight excluding hydrogens is 336 g/mol. The molecule has 0 bridgehead atoms. The van der Waals surface area contributed by atoms with E-state index in [9.17, 15) is 14.4 Å². The van der Waals surface area contributed by atoms with Crippen molar-refractivity contribution in [1.82, 2.24) is 0 Å². The van der Waals surface area contributed by atoms with Gasteiger partial charge in [-0.25, -0.2) is 0 Å². The summed E-state index contributed by atoms with van der Waals surface area (Å²) >= 11 is 0. The third kappa shape index (κ3) is 4.07. The Bertz CT molecular complexity index is 923. The minimum absolute atomic E-state index is 0.132. The Morgan fingerprint density at radius 2 is 1.42 bits per heavy atom. The molecule has 2 rings (SSSR count). The number of hydrogen-bond donors (Lipinski definition) is 0. The maximum atomic E-state index is 11.9. The lowest BCUT2D eigenvalue weighted by Crippen LogP contribution is -2.18. The van der Waals surface area contributed by atoms with Gasteiger partial charge in [0.2, 0.25) is 0 Å². The minimum Gasteiger partial charge on any atom is -0.492 e. The van der Waals surface area contributed by atoms with Gasteiger partial charge in [0.1, 0.15) is 0 Å². The Morgan fingerprint density at radius 1 is 0.923 bits per heavy atom. The number of nitrogens with zero attached hydrogens (tertiary/aromatic N) is 2. The molecule has 1 aromatic rings. The van der Waals surface area contributed by atoms with Gasteiger partial charge in [-0.1, -0.05) is 6.58 Å². The van der Waals surface area contributed by atoms with Gasteiger partial charge >= 0.3 is 0 Å². The summed E-state index contributed by atoms with van der Waals surface area (Å²) in [5, 5.41) is 8.67. The average molecular weight is 352 g/mol. The third-order valence-corrected chi connectivity index (χ3v) is 3.56. The lowest BCUT2D eigenvalue weighted by molar-refractivity contribution is -0.117. The van der Waals surface area contributed by atoms with Crippen LogP contribution in [-0.2, 0) is 14.3 Å². The first kappa shape index (κ1) is 18.7. The van der Waals surface area contributed by atoms with Crippen molar-refractivity contribution >= 4 is 31.1 Å². The molecule has 0 saturated carbocycles. The number of allylic oxidation sites excluding steroid dienone is 3. The van der Waals surface area contributed by atoms with Crippen molar-refractivity contribution in [3.05, 3.63) is 69.1 Å². The number of carbonyl (C=O) groups excluding carboxylic acids is 3. The van der Waals surface area contributed by atoms with E-state index in [0.29, 0.717) is 39.7 Å². The van der Waals surface area contributed by atoms with Gasteiger partial charge in [-0.15, -0.1) is 0 Å². The number of benzene rings is 1. The first-order valence-corrected chi connectivity index (χ1v) is 7.43. The predicted octanol–water partition coefficient (Wildman–Crippen LogP) is 1.44. The molecule has 7 heteroatoms. The van der Waals surface area contributed by atoms with Crippen molar-refractivity contribution in [1.29, 1.82) is 0 Å². The molecule has 7 nitrogen and oxygen atoms in total. The monoisotopic (exact) mass is 352 g/mol. The molecule has 0 atom stereocenters. The quantitative estimate of drug-likeness (QED) is 0.570. The molecule has 132 valence electrons. The Balaban J connectivity index is 2.33. The van der Waals surface area contributed by atoms with E-state index in [1.165, 1.54) is 38.8 Å². The molecule has 0 radical (unpaired) electrons. The Morgan fingerprint density at radius 3 is 1.88 bits per heavy atom. The molecule has 1 aromatic carbocycles. The van der Waals surface area contributed by atoms with Gasteiger partial charge in [0.15, 0.2) is 24.1 Å². The van der Waals surface area contributed by atoms with Gasteiger partial charge in [-0.05, 0) is 34.7 Å². The molecule has 0 aromatic heterocycles. The summed E-state index contributed by atoms with van der Waals surface area (Å²) < 4.78 is 10.0. The number of carbonyl (C=O) groups is 3. The normalized spacial score (nSPS) is 13.8. The lowest BCUT2D eigenvalue weighted by atomic mass is 10.1. The topological polar surface area (TPSA) is 94.4 Å². The van der Waals surface area contributed by atoms with Crippen LogP contribution in [0.25, 0.3) is 12.8 Å². The summed E-state index contributed by atoms with van der Waals surface area (Å²) in [5.41, 5.74) is 1.17. The van der Waals surface area contributed by atoms with Crippen LogP contribution < -0.4 is 10.4 Å². The standard InChI is InChI=1S/C19H16N2O5/c1-12-15(10-22)4-13(5-16(12)11-23)8-20-21-9-14-6-17(25-2)19(24)18(7-14)26-3/h4-11H,1H2,2-3H3. The van der Waals surface area contributed by atoms with Crippen LogP contribution in [0.5, 0.6) is 0 Å². The first-order valence-electron chi connectivity index (χ1n) is 7.43. The second kappa shape index (κ2) is 8.48. The van der Waals surface area contributed by atoms with E-state index in [0.717, 1.165) is 0 Å². The molecule has 0 spiro atoms. The molecule has 0 fully saturated rings. The molecule has 0 saturated heterocycles. The fraction of sp³-hybridized carbons (Fsp3) is 0.105. The highest BCUT2D eigenvalue weighted by atomic mass is 16.5. The summed E-state index contributed by atoms with van der Waals surface area (Å²) in [4.78, 5) is 33.9. The zero-order valence-corrected chi connectivity index (χ0v) is 14.3. The predicted molar refractivity (Wildman–Crippen MR) is 94.6 cm³/mol. The maximum Gasteiger partial charge on any atom is 0.261 e. The van der Waals surface area contributed by atoms with Crippen LogP contribution in [0.4, 0.5) is 0 Å². The molecule has 0 heterocycles. The van der Waals surface area contributed by atoms with Crippen molar-refractivity contribution in [2.24, 2.45) is 10.2 Å². The van der Waals surface area contributed by atoms with E-state index in [4.69, 9.17) is 9.47 Å². The molecule has 0 unspecified atom stereocenters. The van der Waals surface area contributed by atoms with Crippen molar-refractivity contribution < 1.29 is 23.9 Å². The highest BCUT2D eigenvalue weighted by Gasteiger charge is 2.21. The third-order valence-electron chi connectivity index (χ3n) is 3.56. The van der Waals surface area contributed by atoms with E-state index in [1.54, 1.807) is 12.1 Å². The Labute approximate surface area is 149 Å². The zero-order valence-electron chi connectivity index (χ0n) is 14.3. The van der Waals surface area contributed by atoms with Crippen LogP contribution in [0.1, 0.15) is 20.7 Å². The Hall–Kier alpha value is -3.61. The summed E-state index contributed by atoms with van der Waals surface area (Å²) in [6, 6.07) is 3.11. The molecule has 0 N–H and O–H groups in total. The van der Waals surface area contributed by atoms with Gasteiger partial charge in [0.05, 0.1) is 26.6 Å². The number of methoxy groups -OCH3 is 2. The van der Waals surface area contributed by atoms with Crippen molar-refractivity contribution in [2.45, 2.75) is 0 Å². The van der Waals surface area contributed by atoms with E-state index in [1.807, 2.05) is 0 Å². The lowest BCUT2D eigenvalue weighted by Gasteiger charge is -2.12. The summed E-state index contributed by atoms with van der Waals surface area (Å²) in [5.74, 6) is -0.0918. The molecule has 1 aliphatic rings. The van der Waals surface area contributed by atoms with E-state index in [2.05, 4.69) is 16.8 Å². The number of aldehydes is 2. The Kier molecular flexibility index (Phi) is 6.10. The van der Waals surface area contributed by atoms with Crippen LogP contribution in [0.2, 0.25) is 0 Å². The number of Topliss-reactive ketones (excluding diaryl/α,β-unsaturated/α-hetero) is 1. The van der Waals surface area contributed by atoms with Gasteiger partial charge in [-0.2, -0.15) is 10.2 Å². The second-order valence-corrected chi connectivity index (χ2v) is 5.16. The SMILES string of the molecule is C=c1c(C=O)cc(=CN=NC=C2C=C(OC)C(=O)C(OC)=C2)cc1C=O. The minimum atomic E-state index is -0.355. The van der Waals surface area contributed by atoms with E-state index in [-0.39, 0.29) is 17.3 Å². The summed E-state index contributed by atoms with van der Waals surface area (Å²) in [6.45, 7) is 3.69. The molecule has 0 amide bonds. The average Bonchev–Trinajstić information content (AvgIpc) is 2.66. The summed E-state index contributed by atoms with van der Waals surface area (Å²) in [7, 11) is 2.77. The van der Waals surface area contributed by atoms with Crippen LogP contribution in [0, 0.1) is 0 Å². The zero-order chi connectivity index (χ0) is 19.1. The van der Waals surface area contributed by atoms with Crippen LogP contribution in [0.3, 0.4) is 0 Å². The van der Waals surface area contributed by atoms with E-state index >= 15 is 0 Å². The number of azo groups is 1. The van der Waals surface area contributed by atoms with Gasteiger partial charge < -0.3 is 9.47 Å². The van der Waals surface area contributed by atoms with Crippen molar-refractivity contribution in [3.8, 4) is 0 Å². The van der Waals surface area contributed by atoms with Crippen molar-refractivity contribution in [3.63, 3.8) is 0 Å². The molecule has 0 aliphatic heterocycles. The van der Waals surface area contributed by atoms with Crippen LogP contribution in [-0.4, -0.2) is 32.6 Å². The maximum absolute atomic E-state index is 11.9. The van der Waals surface area contributed by atoms with Crippen LogP contribution >= 0.6 is 0 Å². The fourth-order valence-corrected chi connectivity index (χ4v) is 2.20. The number of ketones is 1. The van der Waals surface area contributed by atoms with Crippen LogP contribution in [0.15, 0.2) is 57.8 Å². The number of hydrogen-bond acceptors (Lipinski definition) is 7. The van der Waals surface area contributed by atoms with Crippen molar-refractivity contribution in [2.75, 3.05) is 14.2 Å². The first-order chi connectivity index (χ1) is 12.5. The smallest absolute Gasteiger partial charge is 0.261 e. The fourth-order valence-electron chi connectivity index (χ4n) is 2.20. The van der Waals surface area contributed by atoms with Gasteiger partial charge in [0.25, 0.3) is 5.78 Å². The highest BCUT2D eigenvalue weighted by molar-refractivity contribution is 6.07. The number of rotatable bonds is 6. The molecular formula is C19H16N2O5. The highest BCUT2D eigenvalue weighted by Crippen LogP contribution is 2.19.